The lowest BCUT2D eigenvalue weighted by Crippen LogP contribution is -2.47. The highest BCUT2D eigenvalue weighted by molar-refractivity contribution is 7.99. The minimum atomic E-state index is -1.01. The van der Waals surface area contributed by atoms with Crippen molar-refractivity contribution in [3.05, 3.63) is 82.0 Å². The summed E-state index contributed by atoms with van der Waals surface area (Å²) < 4.78 is 1.92. The Labute approximate surface area is 189 Å². The molecule has 4 rings (SSSR count). The number of aliphatic hydroxyl groups is 2. The Kier molecular flexibility index (Phi) is 6.46. The highest BCUT2D eigenvalue weighted by atomic mass is 32.2. The summed E-state index contributed by atoms with van der Waals surface area (Å²) in [7, 11) is 0. The van der Waals surface area contributed by atoms with Crippen LogP contribution in [-0.2, 0) is 6.42 Å². The van der Waals surface area contributed by atoms with Crippen LogP contribution in [0.5, 0.6) is 0 Å². The average molecular weight is 452 g/mol. The summed E-state index contributed by atoms with van der Waals surface area (Å²) in [5, 5.41) is 20.2. The van der Waals surface area contributed by atoms with Crippen molar-refractivity contribution in [2.45, 2.75) is 35.1 Å². The quantitative estimate of drug-likeness (QED) is 0.361. The zero-order valence-electron chi connectivity index (χ0n) is 17.3. The molecule has 0 amide bonds. The minimum absolute atomic E-state index is 0.0287. The minimum Gasteiger partial charge on any atom is -0.394 e. The van der Waals surface area contributed by atoms with E-state index in [4.69, 9.17) is 5.73 Å². The number of nitrogens with two attached hydrogens (primary N) is 1. The number of aryl methyl sites for hydroxylation is 2. The summed E-state index contributed by atoms with van der Waals surface area (Å²) in [5.74, 6) is 0. The van der Waals surface area contributed by atoms with Gasteiger partial charge in [0.2, 0.25) is 0 Å². The molecule has 4 nitrogen and oxygen atoms in total. The lowest BCUT2D eigenvalue weighted by Gasteiger charge is -2.24. The number of benzene rings is 3. The van der Waals surface area contributed by atoms with Crippen LogP contribution in [0.1, 0.15) is 17.5 Å². The smallest absolute Gasteiger partial charge is 0.195 e. The molecule has 160 valence electrons. The summed E-state index contributed by atoms with van der Waals surface area (Å²) in [6, 6.07) is 20.3. The molecule has 1 aromatic heterocycles. The normalized spacial score (nSPS) is 12.0. The lowest BCUT2D eigenvalue weighted by molar-refractivity contribution is 0.115. The number of hydrogen-bond acceptors (Lipinski definition) is 6. The highest BCUT2D eigenvalue weighted by Gasteiger charge is 2.22. The summed E-state index contributed by atoms with van der Waals surface area (Å²) in [6.07, 6.45) is 1.03. The molecule has 0 bridgehead atoms. The van der Waals surface area contributed by atoms with Crippen molar-refractivity contribution in [1.29, 1.82) is 0 Å². The van der Waals surface area contributed by atoms with E-state index in [-0.39, 0.29) is 18.6 Å². The second kappa shape index (κ2) is 9.10. The van der Waals surface area contributed by atoms with E-state index in [0.29, 0.717) is 18.2 Å². The van der Waals surface area contributed by atoms with E-state index in [9.17, 15) is 15.0 Å². The van der Waals surface area contributed by atoms with Crippen molar-refractivity contribution in [3.8, 4) is 0 Å². The molecule has 0 radical (unpaired) electrons. The number of rotatable bonds is 7. The van der Waals surface area contributed by atoms with Crippen molar-refractivity contribution in [1.82, 2.24) is 0 Å². The van der Waals surface area contributed by atoms with Gasteiger partial charge in [0.25, 0.3) is 0 Å². The van der Waals surface area contributed by atoms with Crippen molar-refractivity contribution in [3.63, 3.8) is 0 Å². The lowest BCUT2D eigenvalue weighted by atomic mass is 9.93. The van der Waals surface area contributed by atoms with Gasteiger partial charge in [0.1, 0.15) is 0 Å². The Hall–Kier alpha value is -2.22. The first-order valence-corrected chi connectivity index (χ1v) is 11.8. The van der Waals surface area contributed by atoms with Gasteiger partial charge < -0.3 is 15.9 Å². The van der Waals surface area contributed by atoms with Crippen LogP contribution in [0.2, 0.25) is 0 Å². The molecular weight excluding hydrogens is 426 g/mol. The van der Waals surface area contributed by atoms with Crippen LogP contribution in [0.25, 0.3) is 20.2 Å². The molecule has 3 aromatic carbocycles. The Morgan fingerprint density at radius 3 is 2.45 bits per heavy atom. The molecule has 0 atom stereocenters. The van der Waals surface area contributed by atoms with Gasteiger partial charge in [-0.1, -0.05) is 35.5 Å². The van der Waals surface area contributed by atoms with Crippen LogP contribution >= 0.6 is 23.1 Å². The molecule has 1 heterocycles. The Bertz CT molecular complexity index is 1300. The van der Waals surface area contributed by atoms with E-state index < -0.39 is 5.54 Å². The van der Waals surface area contributed by atoms with Gasteiger partial charge in [0.05, 0.1) is 18.8 Å². The number of fused-ring (bicyclic) bond motifs is 2. The van der Waals surface area contributed by atoms with Crippen LogP contribution in [0.15, 0.2) is 75.2 Å². The van der Waals surface area contributed by atoms with Gasteiger partial charge in [0, 0.05) is 30.0 Å². The van der Waals surface area contributed by atoms with E-state index in [2.05, 4.69) is 37.3 Å². The first-order valence-electron chi connectivity index (χ1n) is 10.2. The fourth-order valence-electron chi connectivity index (χ4n) is 3.52. The van der Waals surface area contributed by atoms with Crippen LogP contribution in [0.3, 0.4) is 0 Å². The summed E-state index contributed by atoms with van der Waals surface area (Å²) >= 11 is 3.31. The Balaban J connectivity index is 1.66. The predicted molar refractivity (Wildman–Crippen MR) is 130 cm³/mol. The maximum absolute atomic E-state index is 13.2. The third kappa shape index (κ3) is 4.84. The van der Waals surface area contributed by atoms with Crippen molar-refractivity contribution in [2.75, 3.05) is 13.2 Å². The second-order valence-electron chi connectivity index (χ2n) is 8.02. The molecule has 0 saturated carbocycles. The zero-order chi connectivity index (χ0) is 22.0. The van der Waals surface area contributed by atoms with Gasteiger partial charge >= 0.3 is 0 Å². The first-order chi connectivity index (χ1) is 14.9. The average Bonchev–Trinajstić information content (AvgIpc) is 2.78. The van der Waals surface area contributed by atoms with Crippen molar-refractivity contribution < 1.29 is 10.2 Å². The summed E-state index contributed by atoms with van der Waals surface area (Å²) in [6.45, 7) is 1.52. The maximum atomic E-state index is 13.2. The SMILES string of the molecule is Cc1cccc(Sc2ccc3c(=O)c4cc(CCC(N)(CO)CO)ccc4sc3c2)c1. The van der Waals surface area contributed by atoms with Gasteiger partial charge in [-0.2, -0.15) is 0 Å². The van der Waals surface area contributed by atoms with Crippen LogP contribution in [0, 0.1) is 6.92 Å². The maximum Gasteiger partial charge on any atom is 0.195 e. The molecule has 0 aliphatic heterocycles. The third-order valence-corrected chi connectivity index (χ3v) is 7.59. The molecule has 4 aromatic rings. The third-order valence-electron chi connectivity index (χ3n) is 5.47. The monoisotopic (exact) mass is 451 g/mol. The standard InChI is InChI=1S/C25H25NO3S2/c1-16-3-2-4-18(11-16)30-19-6-7-20-23(13-19)31-22-8-5-17(12-21(22)24(20)29)9-10-25(26,14-27)15-28/h2-8,11-13,27-28H,9-10,14-15,26H2,1H3. The van der Waals surface area contributed by atoms with Crippen LogP contribution in [-0.4, -0.2) is 29.0 Å². The van der Waals surface area contributed by atoms with E-state index in [1.165, 1.54) is 10.5 Å². The molecule has 6 heteroatoms. The van der Waals surface area contributed by atoms with Crippen molar-refractivity contribution in [2.24, 2.45) is 5.73 Å². The largest absolute Gasteiger partial charge is 0.394 e. The van der Waals surface area contributed by atoms with Gasteiger partial charge in [-0.25, -0.2) is 0 Å². The van der Waals surface area contributed by atoms with Gasteiger partial charge in [-0.15, -0.1) is 11.3 Å². The highest BCUT2D eigenvalue weighted by Crippen LogP contribution is 2.33. The molecule has 0 fully saturated rings. The van der Waals surface area contributed by atoms with Crippen LogP contribution in [0.4, 0.5) is 0 Å². The van der Waals surface area contributed by atoms with E-state index in [0.717, 1.165) is 25.2 Å². The fourth-order valence-corrected chi connectivity index (χ4v) is 5.66. The van der Waals surface area contributed by atoms with E-state index in [1.807, 2.05) is 30.3 Å². The second-order valence-corrected chi connectivity index (χ2v) is 10.2. The molecule has 0 unspecified atom stereocenters. The Morgan fingerprint density at radius 2 is 1.71 bits per heavy atom. The molecule has 0 spiro atoms. The van der Waals surface area contributed by atoms with Crippen LogP contribution < -0.4 is 11.2 Å². The molecule has 31 heavy (non-hydrogen) atoms. The number of aliphatic hydroxyl groups excluding tert-OH is 2. The zero-order valence-corrected chi connectivity index (χ0v) is 18.9. The molecule has 0 aliphatic carbocycles. The Morgan fingerprint density at radius 1 is 0.935 bits per heavy atom. The van der Waals surface area contributed by atoms with Crippen molar-refractivity contribution >= 4 is 43.3 Å². The van der Waals surface area contributed by atoms with Gasteiger partial charge in [-0.05, 0) is 67.8 Å². The molecule has 0 aliphatic rings. The first kappa shape index (κ1) is 22.0. The molecule has 0 saturated heterocycles. The molecule has 4 N–H and O–H groups in total. The van der Waals surface area contributed by atoms with E-state index in [1.54, 1.807) is 23.1 Å². The predicted octanol–water partition coefficient (Wildman–Crippen LogP) is 4.49. The van der Waals surface area contributed by atoms with E-state index >= 15 is 0 Å². The summed E-state index contributed by atoms with van der Waals surface area (Å²) in [5.41, 5.74) is 7.19. The fraction of sp³-hybridized carbons (Fsp3) is 0.240. The van der Waals surface area contributed by atoms with Gasteiger partial charge in [-0.3, -0.25) is 4.79 Å². The topological polar surface area (TPSA) is 83.6 Å². The summed E-state index contributed by atoms with van der Waals surface area (Å²) in [4.78, 5) is 15.5. The van der Waals surface area contributed by atoms with Gasteiger partial charge in [0.15, 0.2) is 5.43 Å². The number of hydrogen-bond donors (Lipinski definition) is 3. The molecular formula is C25H25NO3S2.